The minimum atomic E-state index is -1.07. The Morgan fingerprint density at radius 3 is 2.62 bits per heavy atom. The Hall–Kier alpha value is -3.55. The first-order chi connectivity index (χ1) is 13.8. The van der Waals surface area contributed by atoms with E-state index in [1.165, 1.54) is 13.1 Å². The number of anilines is 1. The molecule has 0 fully saturated rings. The lowest BCUT2D eigenvalue weighted by atomic mass is 10.2. The Balaban J connectivity index is 2.09. The van der Waals surface area contributed by atoms with Gasteiger partial charge in [0.05, 0.1) is 12.8 Å². The van der Waals surface area contributed by atoms with Gasteiger partial charge in [0.1, 0.15) is 0 Å². The topological polar surface area (TPSA) is 100 Å². The summed E-state index contributed by atoms with van der Waals surface area (Å²) in [6.07, 6.45) is 0.464. The smallest absolute Gasteiger partial charge is 0.344 e. The highest BCUT2D eigenvalue weighted by Gasteiger charge is 2.15. The number of hydrogen-bond donors (Lipinski definition) is 2. The van der Waals surface area contributed by atoms with Crippen molar-refractivity contribution in [2.75, 3.05) is 25.6 Å². The van der Waals surface area contributed by atoms with E-state index in [0.717, 1.165) is 5.69 Å². The second-order valence-corrected chi connectivity index (χ2v) is 6.38. The zero-order valence-electron chi connectivity index (χ0n) is 16.9. The van der Waals surface area contributed by atoms with Crippen molar-refractivity contribution in [1.29, 1.82) is 0 Å². The van der Waals surface area contributed by atoms with Gasteiger partial charge in [-0.2, -0.15) is 5.10 Å². The van der Waals surface area contributed by atoms with Crippen molar-refractivity contribution in [3.63, 3.8) is 0 Å². The van der Waals surface area contributed by atoms with Crippen LogP contribution in [0.25, 0.3) is 0 Å². The molecule has 0 saturated heterocycles. The molecule has 0 radical (unpaired) electrons. The second-order valence-electron chi connectivity index (χ2n) is 6.38. The van der Waals surface area contributed by atoms with Crippen molar-refractivity contribution in [2.45, 2.75) is 20.0 Å². The van der Waals surface area contributed by atoms with Gasteiger partial charge in [0.2, 0.25) is 0 Å². The average Bonchev–Trinajstić information content (AvgIpc) is 2.69. The van der Waals surface area contributed by atoms with Gasteiger partial charge in [-0.05, 0) is 55.8 Å². The summed E-state index contributed by atoms with van der Waals surface area (Å²) in [6, 6.07) is 12.1. The number of nitrogens with one attached hydrogen (secondary N) is 1. The lowest BCUT2D eigenvalue weighted by molar-refractivity contribution is -0.144. The molecule has 0 spiro atoms. The van der Waals surface area contributed by atoms with E-state index in [4.69, 9.17) is 14.6 Å². The summed E-state index contributed by atoms with van der Waals surface area (Å²) in [5.41, 5.74) is 4.55. The normalized spacial score (nSPS) is 11.7. The Morgan fingerprint density at radius 1 is 1.21 bits per heavy atom. The summed E-state index contributed by atoms with van der Waals surface area (Å²) < 4.78 is 10.9. The van der Waals surface area contributed by atoms with Gasteiger partial charge in [-0.1, -0.05) is 6.07 Å². The molecule has 0 aliphatic heterocycles. The van der Waals surface area contributed by atoms with Gasteiger partial charge in [-0.3, -0.25) is 4.79 Å². The fourth-order valence-corrected chi connectivity index (χ4v) is 2.37. The van der Waals surface area contributed by atoms with Crippen molar-refractivity contribution < 1.29 is 24.2 Å². The largest absolute Gasteiger partial charge is 0.490 e. The Bertz CT molecular complexity index is 896. The van der Waals surface area contributed by atoms with Gasteiger partial charge in [-0.25, -0.2) is 10.2 Å². The predicted molar refractivity (Wildman–Crippen MR) is 111 cm³/mol. The molecule has 2 aromatic carbocycles. The van der Waals surface area contributed by atoms with E-state index in [0.29, 0.717) is 29.2 Å². The molecule has 29 heavy (non-hydrogen) atoms. The first kappa shape index (κ1) is 21.7. The lowest BCUT2D eigenvalue weighted by Crippen LogP contribution is -2.23. The number of ether oxygens (including phenoxy) is 2. The summed E-state index contributed by atoms with van der Waals surface area (Å²) in [6.45, 7) is 3.64. The number of nitrogens with zero attached hydrogens (tertiary/aromatic N) is 2. The standard InChI is InChI=1S/C21H25N3O5/c1-5-28-19-11-15(9-10-18(19)29-14(2)21(26)27)13-22-23-20(25)16-7-6-8-17(12-16)24(3)4/h6-14H,5H2,1-4H3,(H,23,25)(H,26,27)/b22-13-/t14-/m1/s1. The molecular weight excluding hydrogens is 374 g/mol. The van der Waals surface area contributed by atoms with Gasteiger partial charge in [0.25, 0.3) is 5.91 Å². The van der Waals surface area contributed by atoms with E-state index in [-0.39, 0.29) is 5.91 Å². The molecule has 0 heterocycles. The van der Waals surface area contributed by atoms with E-state index < -0.39 is 12.1 Å². The molecule has 8 nitrogen and oxygen atoms in total. The van der Waals surface area contributed by atoms with Crippen LogP contribution in [0.3, 0.4) is 0 Å². The summed E-state index contributed by atoms with van der Waals surface area (Å²) in [4.78, 5) is 25.2. The van der Waals surface area contributed by atoms with Gasteiger partial charge in [-0.15, -0.1) is 0 Å². The number of hydrogen-bond acceptors (Lipinski definition) is 6. The van der Waals surface area contributed by atoms with Crippen molar-refractivity contribution >= 4 is 23.8 Å². The highest BCUT2D eigenvalue weighted by molar-refractivity contribution is 5.95. The number of benzene rings is 2. The first-order valence-corrected chi connectivity index (χ1v) is 9.09. The summed E-state index contributed by atoms with van der Waals surface area (Å²) in [7, 11) is 3.80. The number of amides is 1. The maximum Gasteiger partial charge on any atom is 0.344 e. The molecule has 2 N–H and O–H groups in total. The van der Waals surface area contributed by atoms with E-state index in [1.807, 2.05) is 32.0 Å². The van der Waals surface area contributed by atoms with Crippen molar-refractivity contribution in [1.82, 2.24) is 5.43 Å². The first-order valence-electron chi connectivity index (χ1n) is 9.09. The SMILES string of the molecule is CCOc1cc(/C=N\NC(=O)c2cccc(N(C)C)c2)ccc1O[C@H](C)C(=O)O. The zero-order valence-corrected chi connectivity index (χ0v) is 16.9. The highest BCUT2D eigenvalue weighted by Crippen LogP contribution is 2.29. The summed E-state index contributed by atoms with van der Waals surface area (Å²) in [5, 5.41) is 13.0. The van der Waals surface area contributed by atoms with Crippen LogP contribution >= 0.6 is 0 Å². The second kappa shape index (κ2) is 10.1. The van der Waals surface area contributed by atoms with Crippen molar-refractivity contribution in [2.24, 2.45) is 5.10 Å². The third-order valence-corrected chi connectivity index (χ3v) is 3.92. The molecule has 0 aliphatic rings. The van der Waals surface area contributed by atoms with Gasteiger partial charge in [0, 0.05) is 25.3 Å². The molecule has 154 valence electrons. The number of carboxylic acids is 1. The van der Waals surface area contributed by atoms with Gasteiger partial charge < -0.3 is 19.5 Å². The predicted octanol–water partition coefficient (Wildman–Crippen LogP) is 2.77. The van der Waals surface area contributed by atoms with Crippen LogP contribution in [-0.4, -0.2) is 50.0 Å². The number of rotatable bonds is 9. The van der Waals surface area contributed by atoms with E-state index in [9.17, 15) is 9.59 Å². The fraction of sp³-hybridized carbons (Fsp3) is 0.286. The lowest BCUT2D eigenvalue weighted by Gasteiger charge is -2.15. The summed E-state index contributed by atoms with van der Waals surface area (Å²) >= 11 is 0. The number of hydrazone groups is 1. The van der Waals surface area contributed by atoms with E-state index in [2.05, 4.69) is 10.5 Å². The third-order valence-electron chi connectivity index (χ3n) is 3.92. The maximum atomic E-state index is 12.3. The molecule has 8 heteroatoms. The maximum absolute atomic E-state index is 12.3. The molecule has 2 rings (SSSR count). The third kappa shape index (κ3) is 6.24. The van der Waals surface area contributed by atoms with Crippen LogP contribution in [0.1, 0.15) is 29.8 Å². The summed E-state index contributed by atoms with van der Waals surface area (Å²) in [5.74, 6) is -0.678. The Morgan fingerprint density at radius 2 is 1.97 bits per heavy atom. The van der Waals surface area contributed by atoms with Crippen molar-refractivity contribution in [3.8, 4) is 11.5 Å². The number of carbonyl (C=O) groups excluding carboxylic acids is 1. The Kier molecular flexibility index (Phi) is 7.59. The number of aliphatic carboxylic acids is 1. The fourth-order valence-electron chi connectivity index (χ4n) is 2.37. The van der Waals surface area contributed by atoms with Crippen LogP contribution in [0.5, 0.6) is 11.5 Å². The quantitative estimate of drug-likeness (QED) is 0.497. The highest BCUT2D eigenvalue weighted by atomic mass is 16.5. The van der Waals surface area contributed by atoms with Crippen LogP contribution in [0.4, 0.5) is 5.69 Å². The van der Waals surface area contributed by atoms with Gasteiger partial charge >= 0.3 is 5.97 Å². The van der Waals surface area contributed by atoms with Crippen LogP contribution in [0.15, 0.2) is 47.6 Å². The molecule has 0 bridgehead atoms. The van der Waals surface area contributed by atoms with E-state index in [1.54, 1.807) is 36.4 Å². The number of carboxylic acid groups (broad SMARTS) is 1. The van der Waals surface area contributed by atoms with Crippen LogP contribution in [0.2, 0.25) is 0 Å². The number of carbonyl (C=O) groups is 2. The van der Waals surface area contributed by atoms with Crippen LogP contribution in [0, 0.1) is 0 Å². The molecule has 0 aromatic heterocycles. The Labute approximate surface area is 169 Å². The minimum absolute atomic E-state index is 0.323. The average molecular weight is 399 g/mol. The minimum Gasteiger partial charge on any atom is -0.490 e. The molecule has 1 amide bonds. The molecule has 1 atom stereocenters. The van der Waals surface area contributed by atoms with Crippen molar-refractivity contribution in [3.05, 3.63) is 53.6 Å². The zero-order chi connectivity index (χ0) is 21.4. The van der Waals surface area contributed by atoms with Gasteiger partial charge in [0.15, 0.2) is 17.6 Å². The molecular formula is C21H25N3O5. The monoisotopic (exact) mass is 399 g/mol. The van der Waals surface area contributed by atoms with Crippen LogP contribution < -0.4 is 19.8 Å². The molecule has 2 aromatic rings. The molecule has 0 saturated carbocycles. The van der Waals surface area contributed by atoms with E-state index >= 15 is 0 Å². The van der Waals surface area contributed by atoms with Crippen LogP contribution in [-0.2, 0) is 4.79 Å². The molecule has 0 unspecified atom stereocenters. The molecule has 0 aliphatic carbocycles.